The van der Waals surface area contributed by atoms with Gasteiger partial charge < -0.3 is 10.2 Å². The predicted octanol–water partition coefficient (Wildman–Crippen LogP) is 4.39. The number of aromatic nitrogens is 6. The highest BCUT2D eigenvalue weighted by Gasteiger charge is 2.28. The standard InChI is InChI=1S/C29H28N8O/c1-19-16-21-10-5-6-11-22(21)24(20-8-3-2-4-9-20)18-35(19)13-14-36-27-23(17-31-36)28-32-26(25-12-7-15-38-25)34-37(28)29(30)33-27/h2-12,15,17,19,24H,13-14,16,18H2,1H3,(H2,30,33)/t19-,24+/m0/s1. The molecular weight excluding hydrogens is 476 g/mol. The molecule has 1 aliphatic heterocycles. The summed E-state index contributed by atoms with van der Waals surface area (Å²) < 4.78 is 8.94. The Balaban J connectivity index is 1.19. The summed E-state index contributed by atoms with van der Waals surface area (Å²) in [5.74, 6) is 1.63. The van der Waals surface area contributed by atoms with Crippen LogP contribution in [-0.4, -0.2) is 53.4 Å². The second-order valence-electron chi connectivity index (χ2n) is 9.93. The topological polar surface area (TPSA) is 103 Å². The summed E-state index contributed by atoms with van der Waals surface area (Å²) in [6.07, 6.45) is 4.41. The van der Waals surface area contributed by atoms with Gasteiger partial charge >= 0.3 is 0 Å². The van der Waals surface area contributed by atoms with Crippen molar-refractivity contribution in [3.63, 3.8) is 0 Å². The van der Waals surface area contributed by atoms with E-state index in [1.807, 2.05) is 10.7 Å². The maximum atomic E-state index is 6.30. The van der Waals surface area contributed by atoms with Gasteiger partial charge in [-0.05, 0) is 42.2 Å². The molecule has 0 spiro atoms. The number of hydrogen-bond acceptors (Lipinski definition) is 7. The average molecular weight is 505 g/mol. The van der Waals surface area contributed by atoms with Crippen LogP contribution >= 0.6 is 0 Å². The lowest BCUT2D eigenvalue weighted by Gasteiger charge is -2.29. The molecule has 2 N–H and O–H groups in total. The van der Waals surface area contributed by atoms with Crippen molar-refractivity contribution in [3.8, 4) is 11.6 Å². The van der Waals surface area contributed by atoms with Gasteiger partial charge in [0.05, 0.1) is 24.4 Å². The van der Waals surface area contributed by atoms with Crippen LogP contribution in [0.1, 0.15) is 29.5 Å². The highest BCUT2D eigenvalue weighted by Crippen LogP contribution is 2.33. The Labute approximate surface area is 219 Å². The molecule has 0 amide bonds. The normalized spacial score (nSPS) is 18.1. The van der Waals surface area contributed by atoms with Crippen molar-refractivity contribution in [3.05, 3.63) is 95.9 Å². The Morgan fingerprint density at radius 2 is 1.79 bits per heavy atom. The van der Waals surface area contributed by atoms with E-state index in [9.17, 15) is 0 Å². The van der Waals surface area contributed by atoms with Gasteiger partial charge in [0, 0.05) is 25.0 Å². The van der Waals surface area contributed by atoms with Gasteiger partial charge in [-0.1, -0.05) is 54.6 Å². The third-order valence-corrected chi connectivity index (χ3v) is 7.63. The van der Waals surface area contributed by atoms with Crippen LogP contribution in [0.3, 0.4) is 0 Å². The summed E-state index contributed by atoms with van der Waals surface area (Å²) in [6, 6.07) is 23.7. The van der Waals surface area contributed by atoms with E-state index >= 15 is 0 Å². The number of anilines is 1. The second kappa shape index (κ2) is 9.11. The second-order valence-corrected chi connectivity index (χ2v) is 9.93. The summed E-state index contributed by atoms with van der Waals surface area (Å²) in [5.41, 5.74) is 11.8. The number of benzene rings is 2. The lowest BCUT2D eigenvalue weighted by atomic mass is 9.88. The molecule has 2 aromatic carbocycles. The van der Waals surface area contributed by atoms with E-state index in [1.54, 1.807) is 23.0 Å². The van der Waals surface area contributed by atoms with Gasteiger partial charge in [0.15, 0.2) is 17.1 Å². The van der Waals surface area contributed by atoms with Crippen molar-refractivity contribution in [2.24, 2.45) is 0 Å². The van der Waals surface area contributed by atoms with E-state index in [2.05, 4.69) is 86.6 Å². The zero-order valence-electron chi connectivity index (χ0n) is 21.1. The molecule has 0 radical (unpaired) electrons. The van der Waals surface area contributed by atoms with Crippen LogP contribution in [0.5, 0.6) is 0 Å². The van der Waals surface area contributed by atoms with Crippen molar-refractivity contribution in [1.82, 2.24) is 34.3 Å². The van der Waals surface area contributed by atoms with Gasteiger partial charge in [-0.15, -0.1) is 5.10 Å². The molecule has 9 nitrogen and oxygen atoms in total. The predicted molar refractivity (Wildman–Crippen MR) is 146 cm³/mol. The first-order valence-electron chi connectivity index (χ1n) is 12.9. The van der Waals surface area contributed by atoms with E-state index in [0.29, 0.717) is 41.4 Å². The van der Waals surface area contributed by atoms with Crippen LogP contribution in [0.15, 0.2) is 83.6 Å². The van der Waals surface area contributed by atoms with Crippen molar-refractivity contribution >= 4 is 22.6 Å². The molecule has 5 heterocycles. The van der Waals surface area contributed by atoms with E-state index in [0.717, 1.165) is 24.9 Å². The molecule has 7 rings (SSSR count). The maximum absolute atomic E-state index is 6.30. The molecule has 1 aliphatic rings. The molecule has 0 unspecified atom stereocenters. The largest absolute Gasteiger partial charge is 0.461 e. The lowest BCUT2D eigenvalue weighted by molar-refractivity contribution is 0.199. The fourth-order valence-electron chi connectivity index (χ4n) is 5.66. The van der Waals surface area contributed by atoms with Crippen LogP contribution in [-0.2, 0) is 13.0 Å². The Hall–Kier alpha value is -4.50. The van der Waals surface area contributed by atoms with E-state index in [4.69, 9.17) is 10.2 Å². The van der Waals surface area contributed by atoms with E-state index in [-0.39, 0.29) is 5.95 Å². The van der Waals surface area contributed by atoms with Gasteiger partial charge in [-0.3, -0.25) is 4.90 Å². The first kappa shape index (κ1) is 22.7. The molecule has 0 fully saturated rings. The van der Waals surface area contributed by atoms with Crippen molar-refractivity contribution in [2.45, 2.75) is 31.8 Å². The van der Waals surface area contributed by atoms with Crippen molar-refractivity contribution in [2.75, 3.05) is 18.8 Å². The maximum Gasteiger partial charge on any atom is 0.225 e. The van der Waals surface area contributed by atoms with Gasteiger partial charge in [-0.2, -0.15) is 14.6 Å². The van der Waals surface area contributed by atoms with E-state index in [1.165, 1.54) is 16.7 Å². The zero-order valence-corrected chi connectivity index (χ0v) is 21.1. The van der Waals surface area contributed by atoms with Crippen LogP contribution in [0.2, 0.25) is 0 Å². The van der Waals surface area contributed by atoms with Crippen LogP contribution < -0.4 is 5.73 Å². The number of hydrogen-bond donors (Lipinski definition) is 1. The lowest BCUT2D eigenvalue weighted by Crippen LogP contribution is -2.38. The zero-order chi connectivity index (χ0) is 25.6. The number of nitrogens with zero attached hydrogens (tertiary/aromatic N) is 7. The first-order chi connectivity index (χ1) is 18.7. The Kier molecular flexibility index (Phi) is 5.44. The first-order valence-corrected chi connectivity index (χ1v) is 12.9. The van der Waals surface area contributed by atoms with Crippen LogP contribution in [0, 0.1) is 0 Å². The number of nitrogen functional groups attached to an aromatic ring is 1. The molecule has 0 aliphatic carbocycles. The molecular formula is C29H28N8O. The minimum Gasteiger partial charge on any atom is -0.461 e. The minimum absolute atomic E-state index is 0.266. The summed E-state index contributed by atoms with van der Waals surface area (Å²) in [7, 11) is 0. The third kappa shape index (κ3) is 3.83. The monoisotopic (exact) mass is 504 g/mol. The van der Waals surface area contributed by atoms with Crippen LogP contribution in [0.4, 0.5) is 5.95 Å². The molecule has 4 aromatic heterocycles. The Morgan fingerprint density at radius 3 is 2.63 bits per heavy atom. The van der Waals surface area contributed by atoms with E-state index < -0.39 is 0 Å². The molecule has 38 heavy (non-hydrogen) atoms. The number of nitrogens with two attached hydrogens (primary N) is 1. The van der Waals surface area contributed by atoms with Gasteiger partial charge in [0.2, 0.25) is 11.8 Å². The Morgan fingerprint density at radius 1 is 0.947 bits per heavy atom. The fourth-order valence-corrected chi connectivity index (χ4v) is 5.66. The summed E-state index contributed by atoms with van der Waals surface area (Å²) >= 11 is 0. The number of furan rings is 1. The highest BCUT2D eigenvalue weighted by atomic mass is 16.3. The van der Waals surface area contributed by atoms with Gasteiger partial charge in [0.1, 0.15) is 0 Å². The quantitative estimate of drug-likeness (QED) is 0.371. The van der Waals surface area contributed by atoms with Crippen molar-refractivity contribution in [1.29, 1.82) is 0 Å². The molecule has 0 bridgehead atoms. The number of fused-ring (bicyclic) bond motifs is 4. The fraction of sp³-hybridized carbons (Fsp3) is 0.241. The van der Waals surface area contributed by atoms with Crippen molar-refractivity contribution < 1.29 is 4.42 Å². The summed E-state index contributed by atoms with van der Waals surface area (Å²) in [4.78, 5) is 11.9. The summed E-state index contributed by atoms with van der Waals surface area (Å²) in [5, 5.41) is 9.97. The molecule has 2 atom stereocenters. The molecule has 0 saturated carbocycles. The molecule has 6 aromatic rings. The molecule has 190 valence electrons. The third-order valence-electron chi connectivity index (χ3n) is 7.63. The van der Waals surface area contributed by atoms with Gasteiger partial charge in [-0.25, -0.2) is 9.67 Å². The number of rotatable bonds is 5. The van der Waals surface area contributed by atoms with Gasteiger partial charge in [0.25, 0.3) is 0 Å². The summed E-state index contributed by atoms with van der Waals surface area (Å²) in [6.45, 7) is 4.79. The minimum atomic E-state index is 0.266. The average Bonchev–Trinajstić information content (AvgIpc) is 3.68. The molecule has 9 heteroatoms. The SMILES string of the molecule is C[C@H]1Cc2ccccc2[C@@H](c2ccccc2)CN1CCn1ncc2c1nc(N)n1nc(-c3ccco3)nc21. The Bertz CT molecular complexity index is 1720. The smallest absolute Gasteiger partial charge is 0.225 e. The molecule has 0 saturated heterocycles. The van der Waals surface area contributed by atoms with Crippen LogP contribution in [0.25, 0.3) is 28.3 Å². The highest BCUT2D eigenvalue weighted by molar-refractivity contribution is 5.90.